The molecule has 4 atom stereocenters. The number of amides is 1. The molecular formula is C34H31F8N7O2S. The van der Waals surface area contributed by atoms with Crippen LogP contribution in [0.15, 0.2) is 30.9 Å². The summed E-state index contributed by atoms with van der Waals surface area (Å²) in [4.78, 5) is 25.6. The molecule has 2 aliphatic rings. The van der Waals surface area contributed by atoms with Crippen LogP contribution in [0.5, 0.6) is 6.01 Å². The Morgan fingerprint density at radius 2 is 1.85 bits per heavy atom. The van der Waals surface area contributed by atoms with Gasteiger partial charge in [-0.3, -0.25) is 9.69 Å². The molecular weight excluding hydrogens is 722 g/mol. The summed E-state index contributed by atoms with van der Waals surface area (Å²) in [6.45, 7) is 6.60. The van der Waals surface area contributed by atoms with Crippen LogP contribution in [0.25, 0.3) is 32.1 Å². The van der Waals surface area contributed by atoms with E-state index in [-0.39, 0.29) is 43.5 Å². The lowest BCUT2D eigenvalue weighted by Crippen LogP contribution is -2.58. The van der Waals surface area contributed by atoms with Crippen molar-refractivity contribution in [3.8, 4) is 23.2 Å². The number of benzene rings is 2. The summed E-state index contributed by atoms with van der Waals surface area (Å²) in [6.07, 6.45) is -11.0. The Kier molecular flexibility index (Phi) is 9.49. The van der Waals surface area contributed by atoms with Crippen molar-refractivity contribution in [1.29, 1.82) is 5.26 Å². The molecule has 0 saturated carbocycles. The highest BCUT2D eigenvalue weighted by Crippen LogP contribution is 2.52. The summed E-state index contributed by atoms with van der Waals surface area (Å²) >= 11 is 0.517. The van der Waals surface area contributed by atoms with Crippen LogP contribution in [0, 0.1) is 17.1 Å². The molecule has 2 aromatic heterocycles. The van der Waals surface area contributed by atoms with Crippen LogP contribution in [0.4, 0.5) is 45.9 Å². The zero-order valence-electron chi connectivity index (χ0n) is 27.9. The number of rotatable bonds is 6. The number of halogens is 8. The number of nitrogen functional groups attached to an aromatic ring is 1. The van der Waals surface area contributed by atoms with Gasteiger partial charge in [0, 0.05) is 54.1 Å². The standard InChI is InChI=1S/C34H31F8N7O2S/c1-5-24(50)48-11-16(3)49(12-15(48)2)31-20-9-22(33(37,38)39)26(19-6-7-23(36)29-25(19)21(10-43)30(44)52-29)27(34(40,41)42)28(20)45-32(46-31)51-14-18-8-17(35)13-47(18)4/h5-7,9,15-18H,1,8,11-14,44H2,2-4H3. The Morgan fingerprint density at radius 3 is 2.44 bits per heavy atom. The predicted molar refractivity (Wildman–Crippen MR) is 179 cm³/mol. The van der Waals surface area contributed by atoms with E-state index in [0.29, 0.717) is 23.5 Å². The summed E-state index contributed by atoms with van der Waals surface area (Å²) in [5, 5.41) is 8.40. The van der Waals surface area contributed by atoms with Gasteiger partial charge in [-0.05, 0) is 51.1 Å². The second-order valence-electron chi connectivity index (χ2n) is 12.9. The van der Waals surface area contributed by atoms with Gasteiger partial charge in [0.25, 0.3) is 0 Å². The highest BCUT2D eigenvalue weighted by Gasteiger charge is 2.46. The smallest absolute Gasteiger partial charge is 0.419 e. The van der Waals surface area contributed by atoms with Crippen LogP contribution < -0.4 is 15.4 Å². The zero-order valence-corrected chi connectivity index (χ0v) is 28.7. The molecule has 0 aliphatic carbocycles. The van der Waals surface area contributed by atoms with E-state index in [1.54, 1.807) is 31.9 Å². The number of piperazine rings is 1. The molecule has 2 saturated heterocycles. The van der Waals surface area contributed by atoms with Gasteiger partial charge in [0.15, 0.2) is 0 Å². The molecule has 2 aliphatic heterocycles. The van der Waals surface area contributed by atoms with Crippen molar-refractivity contribution in [2.75, 3.05) is 43.9 Å². The molecule has 4 heterocycles. The minimum atomic E-state index is -5.52. The highest BCUT2D eigenvalue weighted by atomic mass is 32.1. The molecule has 2 aromatic carbocycles. The number of carbonyl (C=O) groups excluding carboxylic acids is 1. The summed E-state index contributed by atoms with van der Waals surface area (Å²) in [7, 11) is 1.64. The number of ether oxygens (including phenoxy) is 1. The second-order valence-corrected chi connectivity index (χ2v) is 14.0. The average molecular weight is 754 g/mol. The quantitative estimate of drug-likeness (QED) is 0.163. The number of likely N-dealkylation sites (tertiary alicyclic amines) is 1. The highest BCUT2D eigenvalue weighted by molar-refractivity contribution is 7.23. The fourth-order valence-corrected chi connectivity index (χ4v) is 7.97. The van der Waals surface area contributed by atoms with E-state index in [2.05, 4.69) is 16.5 Å². The van der Waals surface area contributed by atoms with Crippen LogP contribution in [0.2, 0.25) is 0 Å². The molecule has 4 unspecified atom stereocenters. The minimum Gasteiger partial charge on any atom is -0.462 e. The predicted octanol–water partition coefficient (Wildman–Crippen LogP) is 7.17. The molecule has 18 heteroatoms. The second kappa shape index (κ2) is 13.3. The van der Waals surface area contributed by atoms with Crippen molar-refractivity contribution in [2.45, 2.75) is 56.9 Å². The number of fused-ring (bicyclic) bond motifs is 2. The van der Waals surface area contributed by atoms with Crippen molar-refractivity contribution >= 4 is 49.1 Å². The van der Waals surface area contributed by atoms with E-state index in [9.17, 15) is 18.8 Å². The largest absolute Gasteiger partial charge is 0.462 e. The number of alkyl halides is 7. The first-order valence-corrected chi connectivity index (χ1v) is 16.8. The Labute approximate surface area is 295 Å². The summed E-state index contributed by atoms with van der Waals surface area (Å²) < 4.78 is 126. The maximum Gasteiger partial charge on any atom is 0.419 e. The number of likely N-dealkylation sites (N-methyl/N-ethyl adjacent to an activating group) is 1. The summed E-state index contributed by atoms with van der Waals surface area (Å²) in [6, 6.07) is 1.29. The minimum absolute atomic E-state index is 0.0267. The van der Waals surface area contributed by atoms with E-state index in [4.69, 9.17) is 10.5 Å². The van der Waals surface area contributed by atoms with E-state index in [0.717, 1.165) is 12.1 Å². The lowest BCUT2D eigenvalue weighted by Gasteiger charge is -2.44. The molecule has 2 N–H and O–H groups in total. The molecule has 0 spiro atoms. The van der Waals surface area contributed by atoms with Gasteiger partial charge < -0.3 is 20.3 Å². The van der Waals surface area contributed by atoms with Crippen molar-refractivity contribution in [1.82, 2.24) is 19.8 Å². The van der Waals surface area contributed by atoms with Crippen LogP contribution in [-0.4, -0.2) is 83.3 Å². The first-order valence-electron chi connectivity index (χ1n) is 16.0. The molecule has 276 valence electrons. The van der Waals surface area contributed by atoms with Gasteiger partial charge in [0.2, 0.25) is 5.91 Å². The SMILES string of the molecule is C=CC(=O)N1CC(C)N(c2nc(OCC3CC(F)CN3C)nc3c(C(F)(F)F)c(-c4ccc(F)c5sc(N)c(C#N)c45)c(C(F)(F)F)cc23)CC1C. The topological polar surface area (TPSA) is 112 Å². The number of carbonyl (C=O) groups is 1. The van der Waals surface area contributed by atoms with E-state index in [1.807, 2.05) is 0 Å². The van der Waals surface area contributed by atoms with Gasteiger partial charge >= 0.3 is 18.4 Å². The molecule has 9 nitrogen and oxygen atoms in total. The monoisotopic (exact) mass is 753 g/mol. The van der Waals surface area contributed by atoms with Crippen molar-refractivity contribution in [2.24, 2.45) is 0 Å². The number of nitrogens with zero attached hydrogens (tertiary/aromatic N) is 6. The molecule has 4 aromatic rings. The Hall–Kier alpha value is -4.76. The Morgan fingerprint density at radius 1 is 1.13 bits per heavy atom. The lowest BCUT2D eigenvalue weighted by atomic mass is 9.88. The summed E-state index contributed by atoms with van der Waals surface area (Å²) in [5.41, 5.74) is -1.23. The van der Waals surface area contributed by atoms with Crippen molar-refractivity contribution in [3.05, 3.63) is 53.4 Å². The van der Waals surface area contributed by atoms with Crippen molar-refractivity contribution < 1.29 is 44.7 Å². The van der Waals surface area contributed by atoms with E-state index < -0.39 is 103 Å². The van der Waals surface area contributed by atoms with Crippen molar-refractivity contribution in [3.63, 3.8) is 0 Å². The van der Waals surface area contributed by atoms with E-state index in [1.165, 1.54) is 9.80 Å². The number of thiophene rings is 1. The maximum atomic E-state index is 15.5. The third kappa shape index (κ3) is 6.44. The molecule has 2 fully saturated rings. The van der Waals surface area contributed by atoms with Gasteiger partial charge in [-0.2, -0.15) is 41.6 Å². The first-order chi connectivity index (χ1) is 24.3. The first kappa shape index (κ1) is 37.0. The maximum absolute atomic E-state index is 15.5. The molecule has 0 radical (unpaired) electrons. The average Bonchev–Trinajstić information content (AvgIpc) is 3.58. The van der Waals surface area contributed by atoms with Gasteiger partial charge in [0.05, 0.1) is 26.9 Å². The Balaban J connectivity index is 1.69. The number of hydrogen-bond acceptors (Lipinski definition) is 9. The fourth-order valence-electron chi connectivity index (χ4n) is 7.03. The number of anilines is 2. The van der Waals surface area contributed by atoms with Gasteiger partial charge in [-0.1, -0.05) is 12.6 Å². The van der Waals surface area contributed by atoms with Crippen LogP contribution in [0.3, 0.4) is 0 Å². The summed E-state index contributed by atoms with van der Waals surface area (Å²) in [5.74, 6) is -1.73. The normalized spacial score (nSPS) is 21.6. The third-order valence-corrected chi connectivity index (χ3v) is 10.5. The number of aromatic nitrogens is 2. The number of nitrogens with two attached hydrogens (primary N) is 1. The van der Waals surface area contributed by atoms with Gasteiger partial charge in [-0.15, -0.1) is 11.3 Å². The van der Waals surface area contributed by atoms with Crippen LogP contribution in [0.1, 0.15) is 37.0 Å². The zero-order chi connectivity index (χ0) is 38.0. The third-order valence-electron chi connectivity index (χ3n) is 9.50. The molecule has 52 heavy (non-hydrogen) atoms. The molecule has 0 bridgehead atoms. The Bertz CT molecular complexity index is 2130. The molecule has 6 rings (SSSR count). The molecule has 1 amide bonds. The fraction of sp³-hybridized carbons (Fsp3) is 0.412. The number of nitriles is 1. The number of hydrogen-bond donors (Lipinski definition) is 1. The van der Waals surface area contributed by atoms with E-state index >= 15 is 26.3 Å². The van der Waals surface area contributed by atoms with Crippen LogP contribution in [-0.2, 0) is 17.1 Å². The lowest BCUT2D eigenvalue weighted by molar-refractivity contribution is -0.141. The van der Waals surface area contributed by atoms with Gasteiger partial charge in [0.1, 0.15) is 35.5 Å². The van der Waals surface area contributed by atoms with Crippen LogP contribution >= 0.6 is 11.3 Å². The van der Waals surface area contributed by atoms with Gasteiger partial charge in [-0.25, -0.2) is 8.78 Å².